The third-order valence-electron chi connectivity index (χ3n) is 2.98. The SMILES string of the molecule is COC1=NS[C@H](Cc2ccc(Br)cc2F)C(C)(C)O1. The van der Waals surface area contributed by atoms with Crippen LogP contribution in [-0.2, 0) is 15.9 Å². The fraction of sp³-hybridized carbons (Fsp3) is 0.462. The van der Waals surface area contributed by atoms with Crippen molar-refractivity contribution in [1.82, 2.24) is 0 Å². The molecule has 0 saturated carbocycles. The number of methoxy groups -OCH3 is 1. The number of nitrogens with zero attached hydrogens (tertiary/aromatic N) is 1. The van der Waals surface area contributed by atoms with Gasteiger partial charge in [-0.15, -0.1) is 4.40 Å². The summed E-state index contributed by atoms with van der Waals surface area (Å²) in [6, 6.07) is 5.09. The molecule has 0 saturated heterocycles. The summed E-state index contributed by atoms with van der Waals surface area (Å²) in [5.41, 5.74) is 0.200. The molecular weight excluding hydrogens is 333 g/mol. The van der Waals surface area contributed by atoms with E-state index in [1.807, 2.05) is 19.9 Å². The molecule has 1 aromatic carbocycles. The summed E-state index contributed by atoms with van der Waals surface area (Å²) in [6.45, 7) is 3.91. The summed E-state index contributed by atoms with van der Waals surface area (Å²) in [6.07, 6.45) is 0.819. The molecule has 6 heteroatoms. The van der Waals surface area contributed by atoms with E-state index in [-0.39, 0.29) is 17.2 Å². The van der Waals surface area contributed by atoms with Gasteiger partial charge in [0.2, 0.25) is 0 Å². The summed E-state index contributed by atoms with van der Waals surface area (Å²) in [7, 11) is 1.52. The van der Waals surface area contributed by atoms with Crippen molar-refractivity contribution in [2.45, 2.75) is 31.1 Å². The molecule has 0 fully saturated rings. The molecule has 0 radical (unpaired) electrons. The maximum Gasteiger partial charge on any atom is 0.395 e. The Kier molecular flexibility index (Phi) is 4.40. The Bertz CT molecular complexity index is 507. The minimum absolute atomic E-state index is 0.0297. The number of benzene rings is 1. The van der Waals surface area contributed by atoms with E-state index in [1.165, 1.54) is 25.1 Å². The van der Waals surface area contributed by atoms with Crippen LogP contribution in [0.1, 0.15) is 19.4 Å². The first-order valence-electron chi connectivity index (χ1n) is 5.83. The molecule has 0 amide bonds. The minimum atomic E-state index is -0.461. The zero-order chi connectivity index (χ0) is 14.0. The molecule has 3 nitrogen and oxygen atoms in total. The van der Waals surface area contributed by atoms with Gasteiger partial charge in [-0.1, -0.05) is 22.0 Å². The van der Waals surface area contributed by atoms with Crippen LogP contribution in [0.25, 0.3) is 0 Å². The highest BCUT2D eigenvalue weighted by Gasteiger charge is 2.38. The number of hydrogen-bond donors (Lipinski definition) is 0. The molecular formula is C13H15BrFNO2S. The highest BCUT2D eigenvalue weighted by molar-refractivity contribution is 9.10. The van der Waals surface area contributed by atoms with Gasteiger partial charge >= 0.3 is 6.08 Å². The summed E-state index contributed by atoms with van der Waals surface area (Å²) < 4.78 is 29.4. The maximum absolute atomic E-state index is 13.9. The smallest absolute Gasteiger partial charge is 0.395 e. The van der Waals surface area contributed by atoms with Crippen molar-refractivity contribution < 1.29 is 13.9 Å². The van der Waals surface area contributed by atoms with Gasteiger partial charge < -0.3 is 9.47 Å². The first kappa shape index (κ1) is 14.7. The first-order valence-corrected chi connectivity index (χ1v) is 7.46. The largest absolute Gasteiger partial charge is 0.453 e. The van der Waals surface area contributed by atoms with Crippen molar-refractivity contribution in [2.75, 3.05) is 7.11 Å². The highest BCUT2D eigenvalue weighted by Crippen LogP contribution is 2.35. The third kappa shape index (κ3) is 3.42. The molecule has 104 valence electrons. The van der Waals surface area contributed by atoms with E-state index >= 15 is 0 Å². The Labute approximate surface area is 124 Å². The van der Waals surface area contributed by atoms with Gasteiger partial charge in [-0.25, -0.2) is 4.39 Å². The molecule has 0 spiro atoms. The number of halogens is 2. The lowest BCUT2D eigenvalue weighted by Crippen LogP contribution is -2.43. The van der Waals surface area contributed by atoms with Gasteiger partial charge in [0.15, 0.2) is 0 Å². The fourth-order valence-corrected chi connectivity index (χ4v) is 3.01. The second-order valence-corrected chi connectivity index (χ2v) is 6.68. The third-order valence-corrected chi connectivity index (χ3v) is 4.71. The zero-order valence-corrected chi connectivity index (χ0v) is 13.3. The van der Waals surface area contributed by atoms with E-state index in [2.05, 4.69) is 20.3 Å². The van der Waals surface area contributed by atoms with Gasteiger partial charge in [-0.3, -0.25) is 0 Å². The molecule has 0 unspecified atom stereocenters. The van der Waals surface area contributed by atoms with Crippen molar-refractivity contribution in [3.8, 4) is 0 Å². The van der Waals surface area contributed by atoms with Gasteiger partial charge in [-0.05, 0) is 49.9 Å². The number of hydrogen-bond acceptors (Lipinski definition) is 4. The summed E-state index contributed by atoms with van der Waals surface area (Å²) in [5.74, 6) is -0.215. The molecule has 0 N–H and O–H groups in total. The average Bonchev–Trinajstić information content (AvgIpc) is 2.34. The predicted octanol–water partition coefficient (Wildman–Crippen LogP) is 3.96. The van der Waals surface area contributed by atoms with Crippen LogP contribution < -0.4 is 0 Å². The van der Waals surface area contributed by atoms with Gasteiger partial charge in [0, 0.05) is 4.47 Å². The van der Waals surface area contributed by atoms with Crippen molar-refractivity contribution in [2.24, 2.45) is 4.40 Å². The molecule has 0 bridgehead atoms. The normalized spacial score (nSPS) is 21.5. The van der Waals surface area contributed by atoms with E-state index in [9.17, 15) is 4.39 Å². The summed E-state index contributed by atoms with van der Waals surface area (Å²) in [5, 5.41) is 0.0297. The first-order chi connectivity index (χ1) is 8.92. The van der Waals surface area contributed by atoms with Crippen molar-refractivity contribution >= 4 is 34.0 Å². The van der Waals surface area contributed by atoms with E-state index in [4.69, 9.17) is 9.47 Å². The van der Waals surface area contributed by atoms with Crippen LogP contribution in [0.15, 0.2) is 27.1 Å². The molecule has 19 heavy (non-hydrogen) atoms. The molecule has 2 rings (SSSR count). The predicted molar refractivity (Wildman–Crippen MR) is 78.8 cm³/mol. The van der Waals surface area contributed by atoms with Crippen molar-refractivity contribution in [3.05, 3.63) is 34.1 Å². The fourth-order valence-electron chi connectivity index (χ4n) is 1.79. The Hall–Kier alpha value is -0.750. The lowest BCUT2D eigenvalue weighted by atomic mass is 9.97. The van der Waals surface area contributed by atoms with Crippen LogP contribution in [0.4, 0.5) is 4.39 Å². The lowest BCUT2D eigenvalue weighted by molar-refractivity contribution is 0.0479. The van der Waals surface area contributed by atoms with Crippen LogP contribution in [0.2, 0.25) is 0 Å². The second-order valence-electron chi connectivity index (χ2n) is 4.80. The summed E-state index contributed by atoms with van der Waals surface area (Å²) >= 11 is 4.62. The molecule has 1 aromatic rings. The van der Waals surface area contributed by atoms with Gasteiger partial charge in [0.1, 0.15) is 11.4 Å². The Morgan fingerprint density at radius 3 is 2.84 bits per heavy atom. The van der Waals surface area contributed by atoms with E-state index in [0.29, 0.717) is 12.0 Å². The van der Waals surface area contributed by atoms with Crippen LogP contribution >= 0.6 is 27.9 Å². The molecule has 1 aliphatic rings. The zero-order valence-electron chi connectivity index (χ0n) is 10.9. The molecule has 1 aliphatic heterocycles. The van der Waals surface area contributed by atoms with Gasteiger partial charge in [-0.2, -0.15) is 0 Å². The van der Waals surface area contributed by atoms with Crippen molar-refractivity contribution in [1.29, 1.82) is 0 Å². The second kappa shape index (κ2) is 5.71. The number of ether oxygens (including phenoxy) is 2. The molecule has 1 atom stereocenters. The minimum Gasteiger partial charge on any atom is -0.453 e. The average molecular weight is 348 g/mol. The molecule has 1 heterocycles. The van der Waals surface area contributed by atoms with Crippen LogP contribution in [-0.4, -0.2) is 24.0 Å². The van der Waals surface area contributed by atoms with Crippen LogP contribution in [0, 0.1) is 5.82 Å². The molecule has 0 aliphatic carbocycles. The van der Waals surface area contributed by atoms with E-state index in [1.54, 1.807) is 6.07 Å². The van der Waals surface area contributed by atoms with E-state index in [0.717, 1.165) is 4.47 Å². The van der Waals surface area contributed by atoms with Gasteiger partial charge in [0.05, 0.1) is 12.4 Å². The Balaban J connectivity index is 2.17. The Morgan fingerprint density at radius 2 is 2.26 bits per heavy atom. The van der Waals surface area contributed by atoms with Crippen LogP contribution in [0.5, 0.6) is 0 Å². The molecule has 0 aromatic heterocycles. The maximum atomic E-state index is 13.9. The standard InChI is InChI=1S/C13H15BrFNO2S/c1-13(2)11(19-16-12(17-3)18-13)6-8-4-5-9(14)7-10(8)15/h4-5,7,11H,6H2,1-3H3/t11-/m1/s1. The van der Waals surface area contributed by atoms with Gasteiger partial charge in [0.25, 0.3) is 0 Å². The van der Waals surface area contributed by atoms with Crippen molar-refractivity contribution in [3.63, 3.8) is 0 Å². The van der Waals surface area contributed by atoms with E-state index < -0.39 is 5.60 Å². The quantitative estimate of drug-likeness (QED) is 0.758. The van der Waals surface area contributed by atoms with Crippen LogP contribution in [0.3, 0.4) is 0 Å². The highest BCUT2D eigenvalue weighted by atomic mass is 79.9. The monoisotopic (exact) mass is 347 g/mol. The Morgan fingerprint density at radius 1 is 1.53 bits per heavy atom. The lowest BCUT2D eigenvalue weighted by Gasteiger charge is -2.35. The number of rotatable bonds is 2. The summed E-state index contributed by atoms with van der Waals surface area (Å²) in [4.78, 5) is 0. The topological polar surface area (TPSA) is 30.8 Å².